The lowest BCUT2D eigenvalue weighted by molar-refractivity contribution is 0.0455. The van der Waals surface area contributed by atoms with Gasteiger partial charge in [0, 0.05) is 5.56 Å². The summed E-state index contributed by atoms with van der Waals surface area (Å²) in [6.07, 6.45) is 1.36. The molecule has 0 radical (unpaired) electrons. The number of ether oxygens (including phenoxy) is 2. The molecule has 0 aliphatic rings. The Kier molecular flexibility index (Phi) is 6.65. The topological polar surface area (TPSA) is 87.5 Å². The van der Waals surface area contributed by atoms with Crippen molar-refractivity contribution >= 4 is 33.3 Å². The summed E-state index contributed by atoms with van der Waals surface area (Å²) in [5.74, 6) is -0.0354. The first-order valence-corrected chi connectivity index (χ1v) is 11.2. The number of hydrogen-bond acceptors (Lipinski definition) is 7. The van der Waals surface area contributed by atoms with Gasteiger partial charge in [-0.15, -0.1) is 11.3 Å². The van der Waals surface area contributed by atoms with E-state index in [0.29, 0.717) is 32.0 Å². The van der Waals surface area contributed by atoms with Crippen LogP contribution in [-0.4, -0.2) is 34.5 Å². The predicted molar refractivity (Wildman–Crippen MR) is 126 cm³/mol. The fourth-order valence-corrected chi connectivity index (χ4v) is 4.49. The molecule has 4 rings (SSSR count). The molecule has 0 saturated heterocycles. The van der Waals surface area contributed by atoms with E-state index in [4.69, 9.17) is 9.47 Å². The number of carbonyl (C=O) groups is 2. The number of esters is 1. The Balaban J connectivity index is 1.51. The lowest BCUT2D eigenvalue weighted by atomic mass is 10.1. The van der Waals surface area contributed by atoms with E-state index in [1.807, 2.05) is 36.4 Å². The second-order valence-corrected chi connectivity index (χ2v) is 8.40. The van der Waals surface area contributed by atoms with Crippen LogP contribution in [0.5, 0.6) is 5.75 Å². The second kappa shape index (κ2) is 9.79. The van der Waals surface area contributed by atoms with Crippen molar-refractivity contribution in [2.45, 2.75) is 19.9 Å². The van der Waals surface area contributed by atoms with Gasteiger partial charge in [0.05, 0.1) is 17.8 Å². The van der Waals surface area contributed by atoms with E-state index in [2.05, 4.69) is 4.98 Å². The molecule has 0 aliphatic heterocycles. The number of aryl methyl sites for hydroxylation is 1. The molecule has 0 N–H and O–H groups in total. The van der Waals surface area contributed by atoms with E-state index in [-0.39, 0.29) is 24.6 Å². The Morgan fingerprint density at radius 2 is 1.70 bits per heavy atom. The average Bonchev–Trinajstić information content (AvgIpc) is 3.19. The highest BCUT2D eigenvalue weighted by molar-refractivity contribution is 7.20. The Hall–Kier alpha value is -3.78. The molecule has 2 aromatic heterocycles. The number of para-hydroxylation sites is 1. The van der Waals surface area contributed by atoms with Crippen LogP contribution in [0.15, 0.2) is 71.8 Å². The third kappa shape index (κ3) is 4.70. The number of fused-ring (bicyclic) bond motifs is 1. The van der Waals surface area contributed by atoms with Crippen LogP contribution in [-0.2, 0) is 4.74 Å². The molecule has 2 aromatic carbocycles. The molecule has 2 heterocycles. The zero-order valence-corrected chi connectivity index (χ0v) is 19.0. The van der Waals surface area contributed by atoms with Crippen LogP contribution < -0.4 is 10.3 Å². The van der Waals surface area contributed by atoms with Crippen molar-refractivity contribution in [3.8, 4) is 5.75 Å². The van der Waals surface area contributed by atoms with Crippen molar-refractivity contribution < 1.29 is 19.1 Å². The van der Waals surface area contributed by atoms with Crippen LogP contribution in [0, 0.1) is 6.92 Å². The summed E-state index contributed by atoms with van der Waals surface area (Å²) in [7, 11) is 0. The molecule has 8 heteroatoms. The molecular weight excluding hydrogens is 440 g/mol. The smallest absolute Gasteiger partial charge is 0.348 e. The molecule has 1 atom stereocenters. The Morgan fingerprint density at radius 1 is 1.03 bits per heavy atom. The molecule has 168 valence electrons. The first-order valence-electron chi connectivity index (χ1n) is 10.4. The maximum absolute atomic E-state index is 13.2. The third-order valence-electron chi connectivity index (χ3n) is 5.24. The van der Waals surface area contributed by atoms with Crippen molar-refractivity contribution in [3.63, 3.8) is 0 Å². The molecule has 0 fully saturated rings. The maximum atomic E-state index is 13.2. The fourth-order valence-electron chi connectivity index (χ4n) is 3.45. The van der Waals surface area contributed by atoms with Gasteiger partial charge in [-0.2, -0.15) is 0 Å². The van der Waals surface area contributed by atoms with Gasteiger partial charge in [-0.3, -0.25) is 14.2 Å². The highest BCUT2D eigenvalue weighted by Crippen LogP contribution is 2.28. The Labute approximate surface area is 194 Å². The third-order valence-corrected chi connectivity index (χ3v) is 6.42. The van der Waals surface area contributed by atoms with Crippen LogP contribution in [0.1, 0.15) is 38.6 Å². The highest BCUT2D eigenvalue weighted by atomic mass is 32.1. The average molecular weight is 463 g/mol. The Bertz CT molecular complexity index is 1350. The highest BCUT2D eigenvalue weighted by Gasteiger charge is 2.24. The number of benzene rings is 2. The van der Waals surface area contributed by atoms with Crippen LogP contribution >= 0.6 is 11.3 Å². The van der Waals surface area contributed by atoms with Crippen LogP contribution in [0.3, 0.4) is 0 Å². The van der Waals surface area contributed by atoms with Gasteiger partial charge in [0.25, 0.3) is 5.56 Å². The SMILES string of the molecule is Cc1c(C(=O)OCCOc2ccccc2)sc2ncn(C(C)C(=O)c3ccccc3)c(=O)c12. The van der Waals surface area contributed by atoms with Gasteiger partial charge in [0.1, 0.15) is 28.7 Å². The van der Waals surface area contributed by atoms with Crippen molar-refractivity contribution in [2.24, 2.45) is 0 Å². The second-order valence-electron chi connectivity index (χ2n) is 7.40. The number of aromatic nitrogens is 2. The lowest BCUT2D eigenvalue weighted by Crippen LogP contribution is -2.28. The Morgan fingerprint density at radius 3 is 2.39 bits per heavy atom. The molecule has 1 unspecified atom stereocenters. The largest absolute Gasteiger partial charge is 0.490 e. The van der Waals surface area contributed by atoms with Gasteiger partial charge in [-0.25, -0.2) is 9.78 Å². The van der Waals surface area contributed by atoms with E-state index in [1.165, 1.54) is 10.9 Å². The minimum absolute atomic E-state index is 0.0711. The van der Waals surface area contributed by atoms with Crippen molar-refractivity contribution in [1.82, 2.24) is 9.55 Å². The predicted octanol–water partition coefficient (Wildman–Crippen LogP) is 4.45. The van der Waals surface area contributed by atoms with Crippen LogP contribution in [0.4, 0.5) is 0 Å². The van der Waals surface area contributed by atoms with Crippen LogP contribution in [0.2, 0.25) is 0 Å². The summed E-state index contributed by atoms with van der Waals surface area (Å²) in [4.78, 5) is 43.7. The fraction of sp³-hybridized carbons (Fsp3) is 0.200. The number of nitrogens with zero attached hydrogens (tertiary/aromatic N) is 2. The van der Waals surface area contributed by atoms with E-state index >= 15 is 0 Å². The van der Waals surface area contributed by atoms with E-state index in [1.54, 1.807) is 38.1 Å². The zero-order valence-electron chi connectivity index (χ0n) is 18.2. The molecule has 0 saturated carbocycles. The van der Waals surface area contributed by atoms with Crippen molar-refractivity contribution in [1.29, 1.82) is 0 Å². The van der Waals surface area contributed by atoms with Gasteiger partial charge < -0.3 is 9.47 Å². The summed E-state index contributed by atoms with van der Waals surface area (Å²) in [5, 5.41) is 0.322. The molecule has 0 aliphatic carbocycles. The van der Waals surface area contributed by atoms with Crippen molar-refractivity contribution in [3.05, 3.63) is 93.3 Å². The molecular formula is C25H22N2O5S. The molecule has 7 nitrogen and oxygen atoms in total. The number of hydrogen-bond donors (Lipinski definition) is 0. The molecule has 33 heavy (non-hydrogen) atoms. The molecule has 4 aromatic rings. The summed E-state index contributed by atoms with van der Waals surface area (Å²) in [6, 6.07) is 17.3. The number of carbonyl (C=O) groups excluding carboxylic acids is 2. The number of rotatable bonds is 8. The number of thiophene rings is 1. The molecule has 0 bridgehead atoms. The maximum Gasteiger partial charge on any atom is 0.348 e. The van der Waals surface area contributed by atoms with Crippen LogP contribution in [0.25, 0.3) is 10.2 Å². The first-order chi connectivity index (χ1) is 16.0. The minimum Gasteiger partial charge on any atom is -0.490 e. The van der Waals surface area contributed by atoms with Gasteiger partial charge in [-0.05, 0) is 31.5 Å². The van der Waals surface area contributed by atoms with E-state index in [0.717, 1.165) is 11.3 Å². The zero-order chi connectivity index (χ0) is 23.4. The number of ketones is 1. The first kappa shape index (κ1) is 22.4. The summed E-state index contributed by atoms with van der Waals surface area (Å²) >= 11 is 1.10. The lowest BCUT2D eigenvalue weighted by Gasteiger charge is -2.13. The summed E-state index contributed by atoms with van der Waals surface area (Å²) in [5.41, 5.74) is 0.646. The van der Waals surface area contributed by atoms with Crippen molar-refractivity contribution in [2.75, 3.05) is 13.2 Å². The van der Waals surface area contributed by atoms with E-state index < -0.39 is 12.0 Å². The summed E-state index contributed by atoms with van der Waals surface area (Å²) < 4.78 is 12.2. The minimum atomic E-state index is -0.735. The van der Waals surface area contributed by atoms with Gasteiger partial charge in [0.15, 0.2) is 5.78 Å². The quantitative estimate of drug-likeness (QED) is 0.218. The molecule has 0 amide bonds. The van der Waals surface area contributed by atoms with E-state index in [9.17, 15) is 14.4 Å². The normalized spacial score (nSPS) is 11.8. The number of Topliss-reactive ketones (excluding diaryl/α,β-unsaturated/α-hetero) is 1. The van der Waals surface area contributed by atoms with Gasteiger partial charge in [0.2, 0.25) is 0 Å². The summed E-state index contributed by atoms with van der Waals surface area (Å²) in [6.45, 7) is 3.63. The van der Waals surface area contributed by atoms with Gasteiger partial charge in [-0.1, -0.05) is 48.5 Å². The monoisotopic (exact) mass is 462 g/mol. The van der Waals surface area contributed by atoms with Gasteiger partial charge >= 0.3 is 5.97 Å². The standard InChI is InChI=1S/C25H22N2O5S/c1-16-20-23(33-22(16)25(30)32-14-13-31-19-11-7-4-8-12-19)26-15-27(24(20)29)17(2)21(28)18-9-5-3-6-10-18/h3-12,15,17H,13-14H2,1-2H3. The molecule has 0 spiro atoms.